The Kier molecular flexibility index (Phi) is 7.27. The molecule has 2 rings (SSSR count). The van der Waals surface area contributed by atoms with Gasteiger partial charge in [0.15, 0.2) is 0 Å². The first kappa shape index (κ1) is 22.8. The molecular weight excluding hydrogens is 364 g/mol. The summed E-state index contributed by atoms with van der Waals surface area (Å²) >= 11 is -2.31. The summed E-state index contributed by atoms with van der Waals surface area (Å²) in [5.41, 5.74) is 5.41. The fourth-order valence-corrected chi connectivity index (χ4v) is 5.32. The zero-order chi connectivity index (χ0) is 21.2. The summed E-state index contributed by atoms with van der Waals surface area (Å²) in [5.74, 6) is 0.758. The predicted octanol–water partition coefficient (Wildman–Crippen LogP) is 6.84. The van der Waals surface area contributed by atoms with Crippen LogP contribution in [0.3, 0.4) is 0 Å². The van der Waals surface area contributed by atoms with E-state index in [0.29, 0.717) is 5.92 Å². The minimum atomic E-state index is -2.31. The molecular formula is C25H35O2S-. The highest BCUT2D eigenvalue weighted by Gasteiger charge is 2.43. The quantitative estimate of drug-likeness (QED) is 0.478. The minimum Gasteiger partial charge on any atom is -0.771 e. The van der Waals surface area contributed by atoms with Gasteiger partial charge in [-0.2, -0.15) is 0 Å². The Hall–Kier alpha value is -1.45. The van der Waals surface area contributed by atoms with Gasteiger partial charge < -0.3 is 4.55 Å². The van der Waals surface area contributed by atoms with Crippen LogP contribution in [0.2, 0.25) is 0 Å². The summed E-state index contributed by atoms with van der Waals surface area (Å²) in [5, 5.41) is 0. The average Bonchev–Trinajstić information content (AvgIpc) is 2.61. The Morgan fingerprint density at radius 1 is 0.786 bits per heavy atom. The number of benzene rings is 2. The van der Waals surface area contributed by atoms with E-state index in [2.05, 4.69) is 53.7 Å². The predicted molar refractivity (Wildman–Crippen MR) is 120 cm³/mol. The van der Waals surface area contributed by atoms with Gasteiger partial charge in [0.2, 0.25) is 0 Å². The lowest BCUT2D eigenvalue weighted by Gasteiger charge is -2.44. The Balaban J connectivity index is 3.07. The van der Waals surface area contributed by atoms with E-state index < -0.39 is 15.8 Å². The topological polar surface area (TPSA) is 40.1 Å². The third-order valence-electron chi connectivity index (χ3n) is 5.78. The Morgan fingerprint density at radius 3 is 1.57 bits per heavy atom. The minimum absolute atomic E-state index is 0.104. The van der Waals surface area contributed by atoms with Crippen LogP contribution in [0.15, 0.2) is 42.5 Å². The third-order valence-corrected chi connectivity index (χ3v) is 7.22. The lowest BCUT2D eigenvalue weighted by atomic mass is 9.72. The van der Waals surface area contributed by atoms with Crippen LogP contribution in [-0.4, -0.2) is 8.76 Å². The Morgan fingerprint density at radius 2 is 1.25 bits per heavy atom. The molecule has 0 aromatic heterocycles. The molecule has 2 nitrogen and oxygen atoms in total. The molecule has 3 heteroatoms. The summed E-state index contributed by atoms with van der Waals surface area (Å²) in [6.07, 6.45) is 0. The zero-order valence-corrected chi connectivity index (χ0v) is 19.4. The van der Waals surface area contributed by atoms with Crippen molar-refractivity contribution >= 4 is 11.1 Å². The maximum atomic E-state index is 13.0. The first-order valence-electron chi connectivity index (χ1n) is 10.4. The first-order chi connectivity index (χ1) is 13.0. The summed E-state index contributed by atoms with van der Waals surface area (Å²) in [4.78, 5) is 0. The average molecular weight is 400 g/mol. The second-order valence-electron chi connectivity index (χ2n) is 9.03. The van der Waals surface area contributed by atoms with E-state index in [-0.39, 0.29) is 17.8 Å². The fourth-order valence-electron chi connectivity index (χ4n) is 4.21. The van der Waals surface area contributed by atoms with Crippen LogP contribution in [0.1, 0.15) is 101 Å². The normalized spacial score (nSPS) is 15.5. The molecule has 2 aromatic rings. The SMILES string of the molecule is CC(C)c1cc(C(C)C)c(C(c2ccccc2)(C(C)C)S(=O)[O-])c(C(C)C)c1. The van der Waals surface area contributed by atoms with Crippen LogP contribution in [0.5, 0.6) is 0 Å². The number of hydrogen-bond donors (Lipinski definition) is 0. The van der Waals surface area contributed by atoms with Crippen LogP contribution in [0.4, 0.5) is 0 Å². The molecule has 0 aliphatic heterocycles. The maximum absolute atomic E-state index is 13.0. The smallest absolute Gasteiger partial charge is 0.0852 e. The highest BCUT2D eigenvalue weighted by Crippen LogP contribution is 2.48. The molecule has 0 aliphatic carbocycles. The number of hydrogen-bond acceptors (Lipinski definition) is 2. The van der Waals surface area contributed by atoms with Crippen LogP contribution in [0, 0.1) is 5.92 Å². The highest BCUT2D eigenvalue weighted by atomic mass is 32.2. The van der Waals surface area contributed by atoms with Crippen LogP contribution < -0.4 is 0 Å². The van der Waals surface area contributed by atoms with E-state index in [0.717, 1.165) is 22.3 Å². The molecule has 0 saturated carbocycles. The Bertz CT molecular complexity index is 793. The van der Waals surface area contributed by atoms with E-state index >= 15 is 0 Å². The van der Waals surface area contributed by atoms with Crippen molar-refractivity contribution in [2.75, 3.05) is 0 Å². The van der Waals surface area contributed by atoms with Gasteiger partial charge in [-0.25, -0.2) is 0 Å². The largest absolute Gasteiger partial charge is 0.771 e. The number of rotatable bonds is 7. The van der Waals surface area contributed by atoms with Gasteiger partial charge in [0.1, 0.15) is 0 Å². The van der Waals surface area contributed by atoms with Gasteiger partial charge in [-0.15, -0.1) is 0 Å². The molecule has 2 aromatic carbocycles. The Labute approximate surface area is 174 Å². The molecule has 0 radical (unpaired) electrons. The van der Waals surface area contributed by atoms with E-state index in [9.17, 15) is 8.76 Å². The molecule has 2 atom stereocenters. The summed E-state index contributed by atoms with van der Waals surface area (Å²) in [6, 6.07) is 14.2. The van der Waals surface area contributed by atoms with Crippen LogP contribution in [-0.2, 0) is 15.8 Å². The van der Waals surface area contributed by atoms with Crippen molar-refractivity contribution in [1.29, 1.82) is 0 Å². The van der Waals surface area contributed by atoms with Crippen LogP contribution in [0.25, 0.3) is 0 Å². The molecule has 0 amide bonds. The summed E-state index contributed by atoms with van der Waals surface area (Å²) in [7, 11) is 0. The molecule has 0 N–H and O–H groups in total. The van der Waals surface area contributed by atoms with Gasteiger partial charge in [-0.05, 0) is 62.6 Å². The monoisotopic (exact) mass is 399 g/mol. The standard InChI is InChI=1S/C25H36O2S/c1-16(2)20-14-22(17(3)4)24(23(15-20)18(5)6)25(19(7)8,28(26)27)21-12-10-9-11-13-21/h9-19H,1-8H3,(H,26,27)/p-1. The maximum Gasteiger partial charge on any atom is 0.0852 e. The van der Waals surface area contributed by atoms with Gasteiger partial charge in [-0.3, -0.25) is 4.21 Å². The summed E-state index contributed by atoms with van der Waals surface area (Å²) < 4.78 is 25.0. The van der Waals surface area contributed by atoms with Crippen molar-refractivity contribution < 1.29 is 8.76 Å². The van der Waals surface area contributed by atoms with Gasteiger partial charge in [0, 0.05) is 0 Å². The molecule has 28 heavy (non-hydrogen) atoms. The van der Waals surface area contributed by atoms with Crippen molar-refractivity contribution in [2.24, 2.45) is 5.92 Å². The van der Waals surface area contributed by atoms with Crippen molar-refractivity contribution in [1.82, 2.24) is 0 Å². The second kappa shape index (κ2) is 8.92. The van der Waals surface area contributed by atoms with Crippen LogP contribution >= 0.6 is 0 Å². The fraction of sp³-hybridized carbons (Fsp3) is 0.520. The van der Waals surface area contributed by atoms with Crippen molar-refractivity contribution in [3.05, 3.63) is 70.3 Å². The van der Waals surface area contributed by atoms with Gasteiger partial charge in [-0.1, -0.05) is 97.9 Å². The molecule has 0 bridgehead atoms. The molecule has 0 aliphatic rings. The van der Waals surface area contributed by atoms with Gasteiger partial charge in [0.05, 0.1) is 4.75 Å². The van der Waals surface area contributed by atoms with E-state index in [1.165, 1.54) is 5.56 Å². The van der Waals surface area contributed by atoms with Gasteiger partial charge >= 0.3 is 0 Å². The molecule has 0 heterocycles. The first-order valence-corrected chi connectivity index (χ1v) is 11.5. The highest BCUT2D eigenvalue weighted by molar-refractivity contribution is 7.80. The van der Waals surface area contributed by atoms with Crippen molar-refractivity contribution in [3.8, 4) is 0 Å². The molecule has 2 unspecified atom stereocenters. The van der Waals surface area contributed by atoms with Gasteiger partial charge in [0.25, 0.3) is 0 Å². The lowest BCUT2D eigenvalue weighted by Crippen LogP contribution is -2.40. The van der Waals surface area contributed by atoms with E-state index in [1.54, 1.807) is 0 Å². The lowest BCUT2D eigenvalue weighted by molar-refractivity contribution is 0.431. The van der Waals surface area contributed by atoms with Crippen molar-refractivity contribution in [3.63, 3.8) is 0 Å². The third kappa shape index (κ3) is 3.97. The van der Waals surface area contributed by atoms with E-state index in [4.69, 9.17) is 0 Å². The zero-order valence-electron chi connectivity index (χ0n) is 18.6. The second-order valence-corrected chi connectivity index (χ2v) is 10.1. The van der Waals surface area contributed by atoms with E-state index in [1.807, 2.05) is 44.2 Å². The molecule has 0 saturated heterocycles. The van der Waals surface area contributed by atoms with Crippen molar-refractivity contribution in [2.45, 2.75) is 77.9 Å². The molecule has 154 valence electrons. The summed E-state index contributed by atoms with van der Waals surface area (Å²) in [6.45, 7) is 17.1. The molecule has 0 fully saturated rings. The molecule has 0 spiro atoms.